The van der Waals surface area contributed by atoms with Crippen LogP contribution in [0.25, 0.3) is 0 Å². The molecule has 2 atom stereocenters. The fourth-order valence-electron chi connectivity index (χ4n) is 6.38. The fraction of sp³-hybridized carbons (Fsp3) is 0.324. The third-order valence-electron chi connectivity index (χ3n) is 9.15. The Kier molecular flexibility index (Phi) is 10.9. The number of aromatic nitrogens is 1. The zero-order chi connectivity index (χ0) is 34.5. The maximum absolute atomic E-state index is 13.8. The molecule has 1 N–H and O–H groups in total. The minimum Gasteiger partial charge on any atom is -0.493 e. The van der Waals surface area contributed by atoms with Crippen molar-refractivity contribution in [3.8, 4) is 11.5 Å². The van der Waals surface area contributed by atoms with Crippen LogP contribution in [-0.4, -0.2) is 56.9 Å². The van der Waals surface area contributed by atoms with Gasteiger partial charge in [-0.2, -0.15) is 0 Å². The average Bonchev–Trinajstić information content (AvgIpc) is 3.12. The van der Waals surface area contributed by atoms with Gasteiger partial charge in [-0.25, -0.2) is 19.0 Å². The third kappa shape index (κ3) is 8.09. The predicted octanol–water partition coefficient (Wildman–Crippen LogP) is 7.34. The van der Waals surface area contributed by atoms with Gasteiger partial charge in [0, 0.05) is 24.2 Å². The second-order valence-electron chi connectivity index (χ2n) is 12.2. The predicted molar refractivity (Wildman–Crippen MR) is 183 cm³/mol. The highest BCUT2D eigenvalue weighted by molar-refractivity contribution is 6.35. The Morgan fingerprint density at radius 1 is 0.939 bits per heavy atom. The quantitative estimate of drug-likeness (QED) is 0.151. The molecule has 3 saturated heterocycles. The molecule has 3 aromatic carbocycles. The van der Waals surface area contributed by atoms with Crippen molar-refractivity contribution in [2.75, 3.05) is 38.8 Å². The zero-order valence-electron chi connectivity index (χ0n) is 27.2. The lowest BCUT2D eigenvalue weighted by molar-refractivity contribution is -0.377. The smallest absolute Gasteiger partial charge is 0.414 e. The highest BCUT2D eigenvalue weighted by Crippen LogP contribution is 2.36. The maximum atomic E-state index is 13.8. The number of ether oxygens (including phenoxy) is 4. The number of aromatic amines is 1. The average molecular weight is 710 g/mol. The summed E-state index contributed by atoms with van der Waals surface area (Å²) in [6.45, 7) is 2.92. The molecule has 4 heterocycles. The Hall–Kier alpha value is -4.38. The fourth-order valence-corrected chi connectivity index (χ4v) is 6.92. The monoisotopic (exact) mass is 708 g/mol. The van der Waals surface area contributed by atoms with Gasteiger partial charge < -0.3 is 18.9 Å². The summed E-state index contributed by atoms with van der Waals surface area (Å²) < 4.78 is 36.8. The van der Waals surface area contributed by atoms with Crippen LogP contribution in [0.5, 0.6) is 11.5 Å². The summed E-state index contributed by atoms with van der Waals surface area (Å²) in [6.07, 6.45) is 3.95. The summed E-state index contributed by atoms with van der Waals surface area (Å²) in [5, 5.41) is 0.798. The molecule has 0 saturated carbocycles. The third-order valence-corrected chi connectivity index (χ3v) is 9.83. The van der Waals surface area contributed by atoms with E-state index in [0.29, 0.717) is 49.8 Å². The number of esters is 1. The molecule has 256 valence electrons. The highest BCUT2D eigenvalue weighted by Gasteiger charge is 2.37. The number of anilines is 1. The molecule has 3 aliphatic rings. The first-order valence-corrected chi connectivity index (χ1v) is 16.8. The molecule has 1 amide bonds. The second-order valence-corrected chi connectivity index (χ2v) is 13.0. The van der Waals surface area contributed by atoms with E-state index < -0.39 is 24.0 Å². The van der Waals surface area contributed by atoms with Crippen molar-refractivity contribution in [3.63, 3.8) is 0 Å². The number of methoxy groups -OCH3 is 2. The number of nitrogens with one attached hydrogen (secondary N) is 1. The first-order valence-electron chi connectivity index (χ1n) is 16.0. The van der Waals surface area contributed by atoms with Crippen LogP contribution in [0.4, 0.5) is 14.9 Å². The number of nitrogens with zero attached hydrogens (tertiary/aromatic N) is 2. The molecule has 0 aliphatic carbocycles. The number of carbonyl (C=O) groups excluding carboxylic acids is 2. The molecule has 9 nitrogen and oxygen atoms in total. The highest BCUT2D eigenvalue weighted by atomic mass is 35.5. The van der Waals surface area contributed by atoms with Crippen molar-refractivity contribution in [3.05, 3.63) is 117 Å². The van der Waals surface area contributed by atoms with E-state index in [4.69, 9.17) is 42.1 Å². The van der Waals surface area contributed by atoms with E-state index in [0.717, 1.165) is 38.0 Å². The van der Waals surface area contributed by atoms with Crippen molar-refractivity contribution in [1.29, 1.82) is 0 Å². The molecule has 3 fully saturated rings. The first kappa shape index (κ1) is 34.5. The van der Waals surface area contributed by atoms with Crippen molar-refractivity contribution >= 4 is 41.0 Å². The lowest BCUT2D eigenvalue weighted by Crippen LogP contribution is -2.53. The Morgan fingerprint density at radius 2 is 1.61 bits per heavy atom. The summed E-state index contributed by atoms with van der Waals surface area (Å²) in [4.78, 5) is 33.8. The minimum absolute atomic E-state index is 0.150. The van der Waals surface area contributed by atoms with Crippen LogP contribution in [0, 0.1) is 11.7 Å². The van der Waals surface area contributed by atoms with Crippen molar-refractivity contribution in [1.82, 2.24) is 4.90 Å². The Labute approximate surface area is 294 Å². The summed E-state index contributed by atoms with van der Waals surface area (Å²) in [6, 6.07) is 17.8. The number of pyridine rings is 1. The lowest BCUT2D eigenvalue weighted by atomic mass is 9.86. The molecule has 7 rings (SSSR count). The number of halogens is 3. The van der Waals surface area contributed by atoms with Crippen LogP contribution in [-0.2, 0) is 22.4 Å². The van der Waals surface area contributed by atoms with Gasteiger partial charge in [-0.3, -0.25) is 9.80 Å². The van der Waals surface area contributed by atoms with E-state index in [1.807, 2.05) is 0 Å². The van der Waals surface area contributed by atoms with Gasteiger partial charge in [0.05, 0.1) is 26.3 Å². The zero-order valence-corrected chi connectivity index (χ0v) is 28.7. The number of hydrogen-bond acceptors (Lipinski definition) is 7. The van der Waals surface area contributed by atoms with E-state index >= 15 is 0 Å². The van der Waals surface area contributed by atoms with Gasteiger partial charge >= 0.3 is 12.1 Å². The molecule has 3 aliphatic heterocycles. The van der Waals surface area contributed by atoms with E-state index in [1.165, 1.54) is 24.1 Å². The topological polar surface area (TPSA) is 91.7 Å². The number of amides is 1. The minimum atomic E-state index is -0.778. The summed E-state index contributed by atoms with van der Waals surface area (Å²) in [5.41, 5.74) is 2.80. The number of fused-ring (bicyclic) bond motifs is 3. The number of rotatable bonds is 11. The number of carbonyl (C=O) groups is 2. The molecule has 0 radical (unpaired) electrons. The summed E-state index contributed by atoms with van der Waals surface area (Å²) in [7, 11) is 3.07. The molecule has 0 unspecified atom stereocenters. The van der Waals surface area contributed by atoms with Crippen LogP contribution in [0.1, 0.15) is 46.0 Å². The number of H-pyrrole nitrogens is 1. The van der Waals surface area contributed by atoms with E-state index in [2.05, 4.69) is 9.88 Å². The lowest BCUT2D eigenvalue weighted by Gasteiger charge is -2.44. The Morgan fingerprint density at radius 3 is 2.22 bits per heavy atom. The van der Waals surface area contributed by atoms with Crippen LogP contribution in [0.3, 0.4) is 0 Å². The van der Waals surface area contributed by atoms with Crippen molar-refractivity contribution < 1.29 is 37.9 Å². The summed E-state index contributed by atoms with van der Waals surface area (Å²) >= 11 is 12.9. The van der Waals surface area contributed by atoms with Gasteiger partial charge in [0.25, 0.3) is 0 Å². The molecule has 12 heteroatoms. The molecular formula is C37H37Cl2FN3O6+. The molecule has 1 aromatic heterocycles. The molecule has 49 heavy (non-hydrogen) atoms. The largest absolute Gasteiger partial charge is 0.493 e. The van der Waals surface area contributed by atoms with Gasteiger partial charge in [-0.15, -0.1) is 0 Å². The number of piperidine rings is 3. The maximum Gasteiger partial charge on any atom is 0.414 e. The van der Waals surface area contributed by atoms with E-state index in [-0.39, 0.29) is 19.1 Å². The summed E-state index contributed by atoms with van der Waals surface area (Å²) in [5.74, 6) is 0.364. The SMILES string of the molecule is COc1ccc([C@H](Cc2c(Cl)c[nH+]cc2Cl)OC(=O)c2ccc(CN(C(=O)O[C@H]3CN4CCC3CC4)c3ccc(F)cc3)cc2)cc1OC. The Balaban J connectivity index is 1.20. The van der Waals surface area contributed by atoms with Crippen molar-refractivity contribution in [2.24, 2.45) is 5.92 Å². The first-order chi connectivity index (χ1) is 23.7. The van der Waals surface area contributed by atoms with E-state index in [9.17, 15) is 14.0 Å². The number of benzene rings is 3. The Bertz CT molecular complexity index is 1760. The molecule has 4 aromatic rings. The molecular weight excluding hydrogens is 672 g/mol. The standard InChI is InChI=1S/C37H36Cl2FN3O6/c1-46-32-12-7-26(17-34(32)47-2)33(18-29-30(38)19-41-20-31(29)39)48-36(44)25-5-3-23(4-6-25)21-43(28-10-8-27(40)9-11-28)37(45)49-35-22-42-15-13-24(35)14-16-42/h3-12,17,19-20,24,33,35H,13-16,18,21-22H2,1-2H3/p+1/t33-,35-/m0/s1. The van der Waals surface area contributed by atoms with Gasteiger partial charge in [-0.1, -0.05) is 41.4 Å². The van der Waals surface area contributed by atoms with Crippen LogP contribution in [0.15, 0.2) is 79.1 Å². The van der Waals surface area contributed by atoms with Gasteiger partial charge in [0.2, 0.25) is 0 Å². The molecule has 0 spiro atoms. The van der Waals surface area contributed by atoms with Crippen molar-refractivity contribution in [2.45, 2.75) is 38.0 Å². The van der Waals surface area contributed by atoms with Crippen LogP contribution < -0.4 is 19.4 Å². The molecule has 2 bridgehead atoms. The van der Waals surface area contributed by atoms with Gasteiger partial charge in [0.1, 0.15) is 28.1 Å². The van der Waals surface area contributed by atoms with E-state index in [1.54, 1.807) is 74.1 Å². The number of hydrogen-bond donors (Lipinski definition) is 0. The van der Waals surface area contributed by atoms with Crippen LogP contribution >= 0.6 is 23.2 Å². The van der Waals surface area contributed by atoms with Gasteiger partial charge in [0.15, 0.2) is 23.9 Å². The van der Waals surface area contributed by atoms with Crippen LogP contribution in [0.2, 0.25) is 10.0 Å². The van der Waals surface area contributed by atoms with Gasteiger partial charge in [-0.05, 0) is 91.5 Å². The second kappa shape index (κ2) is 15.4. The normalized spacial score (nSPS) is 18.8.